The predicted octanol–water partition coefficient (Wildman–Crippen LogP) is 7.21. The molecule has 0 aliphatic heterocycles. The quantitative estimate of drug-likeness (QED) is 0.0415. The number of allylic oxidation sites excluding steroid dienone is 2. The molecule has 4 aliphatic rings. The average Bonchev–Trinajstić information content (AvgIpc) is 3.36. The number of nitrogens with one attached hydrogen (secondary N) is 3. The van der Waals surface area contributed by atoms with E-state index in [0.29, 0.717) is 30.7 Å². The first kappa shape index (κ1) is 42.0. The van der Waals surface area contributed by atoms with Crippen molar-refractivity contribution in [3.8, 4) is 0 Å². The molecule has 4 rings (SSSR count). The molecule has 292 valence electrons. The largest absolute Gasteiger partial charge is 0.458 e. The van der Waals surface area contributed by atoms with Crippen molar-refractivity contribution in [1.29, 1.82) is 0 Å². The normalized spacial score (nSPS) is 35.3. The van der Waals surface area contributed by atoms with Crippen LogP contribution in [0, 0.1) is 39.9 Å². The third-order valence-corrected chi connectivity index (χ3v) is 14.5. The maximum absolute atomic E-state index is 14.2. The van der Waals surface area contributed by atoms with Gasteiger partial charge in [-0.05, 0) is 182 Å². The molecule has 4 saturated carbocycles. The Hall–Kier alpha value is -1.74. The molecule has 1 amide bonds. The SMILES string of the molecule is CC(=O)O[C@H]1C[C@@]2(C)C(CCC3[C@@]4(C)CC[C@@H](O)[C@@H](C)C4CC[C@@]32C)/C1=C(\CCC=C(C)C)C(=O)NCCCNCCCCNCCCCCN. The zero-order chi connectivity index (χ0) is 37.2. The van der Waals surface area contributed by atoms with Crippen molar-refractivity contribution in [2.24, 2.45) is 45.7 Å². The van der Waals surface area contributed by atoms with Gasteiger partial charge in [-0.25, -0.2) is 0 Å². The number of carbonyl (C=O) groups excluding carboxylic acids is 2. The van der Waals surface area contributed by atoms with Gasteiger partial charge in [0.1, 0.15) is 6.10 Å². The molecule has 0 aromatic heterocycles. The summed E-state index contributed by atoms with van der Waals surface area (Å²) >= 11 is 0. The van der Waals surface area contributed by atoms with Crippen LogP contribution in [-0.4, -0.2) is 68.5 Å². The Morgan fingerprint density at radius 2 is 1.53 bits per heavy atom. The third kappa shape index (κ3) is 9.69. The Morgan fingerprint density at radius 3 is 2.18 bits per heavy atom. The predicted molar refractivity (Wildman–Crippen MR) is 209 cm³/mol. The first-order valence-corrected chi connectivity index (χ1v) is 20.9. The van der Waals surface area contributed by atoms with Crippen LogP contribution in [0.3, 0.4) is 0 Å². The summed E-state index contributed by atoms with van der Waals surface area (Å²) in [6.45, 7) is 21.0. The van der Waals surface area contributed by atoms with Crippen LogP contribution < -0.4 is 21.7 Å². The lowest BCUT2D eigenvalue weighted by atomic mass is 9.37. The summed E-state index contributed by atoms with van der Waals surface area (Å²) in [4.78, 5) is 26.9. The molecular weight excluding hydrogens is 636 g/mol. The second-order valence-corrected chi connectivity index (χ2v) is 17.9. The van der Waals surface area contributed by atoms with Gasteiger partial charge in [-0.2, -0.15) is 0 Å². The number of rotatable bonds is 19. The minimum absolute atomic E-state index is 0.0177. The van der Waals surface area contributed by atoms with E-state index in [1.54, 1.807) is 0 Å². The van der Waals surface area contributed by atoms with E-state index in [0.717, 1.165) is 121 Å². The van der Waals surface area contributed by atoms with Crippen LogP contribution in [0.25, 0.3) is 0 Å². The van der Waals surface area contributed by atoms with Gasteiger partial charge in [0, 0.05) is 19.0 Å². The lowest BCUT2D eigenvalue weighted by Crippen LogP contribution is -2.61. The van der Waals surface area contributed by atoms with Crippen molar-refractivity contribution >= 4 is 11.9 Å². The van der Waals surface area contributed by atoms with Crippen molar-refractivity contribution in [1.82, 2.24) is 16.0 Å². The van der Waals surface area contributed by atoms with E-state index in [1.807, 2.05) is 0 Å². The Labute approximate surface area is 311 Å². The van der Waals surface area contributed by atoms with Gasteiger partial charge < -0.3 is 31.5 Å². The van der Waals surface area contributed by atoms with Crippen LogP contribution in [0.4, 0.5) is 0 Å². The van der Waals surface area contributed by atoms with Crippen LogP contribution in [0.2, 0.25) is 0 Å². The maximum Gasteiger partial charge on any atom is 0.303 e. The number of aliphatic hydroxyl groups excluding tert-OH is 1. The molecule has 0 aromatic carbocycles. The van der Waals surface area contributed by atoms with E-state index in [4.69, 9.17) is 10.5 Å². The summed E-state index contributed by atoms with van der Waals surface area (Å²) in [6, 6.07) is 0. The minimum atomic E-state index is -0.361. The number of nitrogens with two attached hydrogens (primary N) is 1. The molecule has 0 saturated heterocycles. The molecule has 0 spiro atoms. The van der Waals surface area contributed by atoms with E-state index in [-0.39, 0.29) is 46.2 Å². The number of aliphatic hydroxyl groups is 1. The lowest BCUT2D eigenvalue weighted by molar-refractivity contribution is -0.198. The highest BCUT2D eigenvalue weighted by molar-refractivity contribution is 5.94. The zero-order valence-electron chi connectivity index (χ0n) is 33.6. The second kappa shape index (κ2) is 19.0. The standard InChI is InChI=1S/C43H76N4O4/c1-30(2)15-13-16-33(40(50)47-28-14-27-46-26-12-11-25-45-24-10-8-9-23-44)39-35-17-18-38-41(5)21-20-36(49)31(3)34(41)19-22-42(38,6)43(35,7)29-37(39)51-32(4)48/h15,31,34-38,45-46,49H,8-14,16-29,44H2,1-7H3,(H,47,50)/b39-33-/t31-,34?,35?,36+,37-,38?,41-,42-,43-/m0/s1. The lowest BCUT2D eigenvalue weighted by Gasteiger charge is -2.68. The van der Waals surface area contributed by atoms with Crippen LogP contribution in [0.15, 0.2) is 22.8 Å². The van der Waals surface area contributed by atoms with Crippen LogP contribution in [-0.2, 0) is 14.3 Å². The van der Waals surface area contributed by atoms with Gasteiger partial charge in [0.25, 0.3) is 0 Å². The molecule has 0 aromatic rings. The molecule has 4 aliphatic carbocycles. The topological polar surface area (TPSA) is 126 Å². The Kier molecular flexibility index (Phi) is 15.7. The van der Waals surface area contributed by atoms with Gasteiger partial charge in [0.05, 0.1) is 6.10 Å². The fourth-order valence-corrected chi connectivity index (χ4v) is 11.6. The van der Waals surface area contributed by atoms with Crippen molar-refractivity contribution in [2.45, 2.75) is 157 Å². The van der Waals surface area contributed by atoms with Gasteiger partial charge in [-0.15, -0.1) is 0 Å². The van der Waals surface area contributed by atoms with Crippen LogP contribution >= 0.6 is 0 Å². The molecule has 8 heteroatoms. The van der Waals surface area contributed by atoms with E-state index in [1.165, 1.54) is 25.3 Å². The van der Waals surface area contributed by atoms with Crippen LogP contribution in [0.1, 0.15) is 145 Å². The Balaban J connectivity index is 1.45. The van der Waals surface area contributed by atoms with Crippen LogP contribution in [0.5, 0.6) is 0 Å². The van der Waals surface area contributed by atoms with E-state index >= 15 is 0 Å². The summed E-state index contributed by atoms with van der Waals surface area (Å²) < 4.78 is 6.21. The summed E-state index contributed by atoms with van der Waals surface area (Å²) in [5.74, 6) is 1.39. The van der Waals surface area contributed by atoms with Crippen molar-refractivity contribution in [3.63, 3.8) is 0 Å². The summed E-state index contributed by atoms with van der Waals surface area (Å²) in [5.41, 5.74) is 8.97. The highest BCUT2D eigenvalue weighted by atomic mass is 16.5. The summed E-state index contributed by atoms with van der Waals surface area (Å²) in [7, 11) is 0. The molecule has 51 heavy (non-hydrogen) atoms. The zero-order valence-corrected chi connectivity index (χ0v) is 33.6. The van der Waals surface area contributed by atoms with Gasteiger partial charge in [0.15, 0.2) is 0 Å². The number of carbonyl (C=O) groups is 2. The number of unbranched alkanes of at least 4 members (excludes halogenated alkanes) is 3. The van der Waals surface area contributed by atoms with E-state index in [2.05, 4.69) is 63.6 Å². The van der Waals surface area contributed by atoms with E-state index in [9.17, 15) is 14.7 Å². The fourth-order valence-electron chi connectivity index (χ4n) is 11.6. The number of hydrogen-bond acceptors (Lipinski definition) is 7. The molecule has 0 bridgehead atoms. The molecule has 3 unspecified atom stereocenters. The maximum atomic E-state index is 14.2. The van der Waals surface area contributed by atoms with Gasteiger partial charge >= 0.3 is 5.97 Å². The minimum Gasteiger partial charge on any atom is -0.458 e. The van der Waals surface area contributed by atoms with Crippen molar-refractivity contribution in [3.05, 3.63) is 22.8 Å². The monoisotopic (exact) mass is 713 g/mol. The average molecular weight is 713 g/mol. The van der Waals surface area contributed by atoms with Gasteiger partial charge in [-0.3, -0.25) is 9.59 Å². The highest BCUT2D eigenvalue weighted by Gasteiger charge is 2.68. The Bertz CT molecular complexity index is 1210. The first-order valence-electron chi connectivity index (χ1n) is 20.9. The smallest absolute Gasteiger partial charge is 0.303 e. The molecule has 0 radical (unpaired) electrons. The number of amides is 1. The van der Waals surface area contributed by atoms with Gasteiger partial charge in [0.2, 0.25) is 5.91 Å². The number of ether oxygens (including phenoxy) is 1. The highest BCUT2D eigenvalue weighted by Crippen LogP contribution is 2.74. The van der Waals surface area contributed by atoms with Gasteiger partial charge in [-0.1, -0.05) is 45.8 Å². The van der Waals surface area contributed by atoms with Crippen molar-refractivity contribution < 1.29 is 19.4 Å². The molecule has 4 fully saturated rings. The molecular formula is C43H76N4O4. The first-order chi connectivity index (χ1) is 24.3. The number of fused-ring (bicyclic) bond motifs is 5. The summed E-state index contributed by atoms with van der Waals surface area (Å²) in [6.07, 6.45) is 17.0. The van der Waals surface area contributed by atoms with Crippen molar-refractivity contribution in [2.75, 3.05) is 39.3 Å². The molecule has 0 heterocycles. The summed E-state index contributed by atoms with van der Waals surface area (Å²) in [5, 5.41) is 21.2. The second-order valence-electron chi connectivity index (χ2n) is 17.9. The molecule has 9 atom stereocenters. The fraction of sp³-hybridized carbons (Fsp3) is 0.860. The third-order valence-electron chi connectivity index (χ3n) is 14.5. The number of esters is 1. The number of hydrogen-bond donors (Lipinski definition) is 5. The Morgan fingerprint density at radius 1 is 0.863 bits per heavy atom. The molecule has 8 nitrogen and oxygen atoms in total. The van der Waals surface area contributed by atoms with E-state index < -0.39 is 0 Å². The molecule has 6 N–H and O–H groups in total.